The van der Waals surface area contributed by atoms with Crippen LogP contribution >= 0.6 is 0 Å². The molecule has 1 aliphatic carbocycles. The average Bonchev–Trinajstić information content (AvgIpc) is 2.71. The minimum Gasteiger partial charge on any atom is -0.490 e. The van der Waals surface area contributed by atoms with Gasteiger partial charge in [-0.15, -0.1) is 0 Å². The normalized spacial score (nSPS) is 16.9. The van der Waals surface area contributed by atoms with Crippen LogP contribution in [0.1, 0.15) is 69.1 Å². The molecule has 0 spiro atoms. The fourth-order valence-electron chi connectivity index (χ4n) is 4.31. The van der Waals surface area contributed by atoms with Crippen molar-refractivity contribution in [3.05, 3.63) is 58.9 Å². The van der Waals surface area contributed by atoms with Crippen LogP contribution in [0.4, 0.5) is 10.1 Å². The van der Waals surface area contributed by atoms with Crippen molar-refractivity contribution in [3.8, 4) is 5.75 Å². The Balaban J connectivity index is 1.87. The molecule has 1 fully saturated rings. The number of carbonyl (C=O) groups is 1. The molecular formula is C25H32FNO2. The van der Waals surface area contributed by atoms with Crippen LogP contribution in [0.5, 0.6) is 5.75 Å². The van der Waals surface area contributed by atoms with Gasteiger partial charge in [0.25, 0.3) is 0 Å². The molecule has 0 aromatic heterocycles. The van der Waals surface area contributed by atoms with E-state index < -0.39 is 5.41 Å². The summed E-state index contributed by atoms with van der Waals surface area (Å²) < 4.78 is 19.5. The quantitative estimate of drug-likeness (QED) is 0.607. The lowest BCUT2D eigenvalue weighted by atomic mass is 9.68. The third kappa shape index (κ3) is 4.63. The lowest BCUT2D eigenvalue weighted by Crippen LogP contribution is -2.42. The molecule has 3 nitrogen and oxygen atoms in total. The number of hydrogen-bond donors (Lipinski definition) is 1. The SMILES string of the molecule is CC[C@H](C)Oc1c(C)cc(NC(=O)C2(c3ccc(F)cc3)CCCCC2)cc1C. The number of ether oxygens (including phenoxy) is 1. The van der Waals surface area contributed by atoms with Crippen molar-refractivity contribution in [2.24, 2.45) is 0 Å². The first-order valence-corrected chi connectivity index (χ1v) is 10.7. The summed E-state index contributed by atoms with van der Waals surface area (Å²) in [6.45, 7) is 8.18. The minimum absolute atomic E-state index is 0.00166. The van der Waals surface area contributed by atoms with Crippen LogP contribution in [0.2, 0.25) is 0 Å². The first-order valence-electron chi connectivity index (χ1n) is 10.7. The van der Waals surface area contributed by atoms with E-state index in [4.69, 9.17) is 4.74 Å². The molecule has 0 heterocycles. The lowest BCUT2D eigenvalue weighted by molar-refractivity contribution is -0.122. The maximum Gasteiger partial charge on any atom is 0.235 e. The molecule has 0 bridgehead atoms. The van der Waals surface area contributed by atoms with Crippen LogP contribution in [0.25, 0.3) is 0 Å². The Morgan fingerprint density at radius 3 is 2.24 bits per heavy atom. The Morgan fingerprint density at radius 2 is 1.69 bits per heavy atom. The highest BCUT2D eigenvalue weighted by Crippen LogP contribution is 2.41. The van der Waals surface area contributed by atoms with Crippen molar-refractivity contribution in [2.45, 2.75) is 77.7 Å². The van der Waals surface area contributed by atoms with E-state index in [-0.39, 0.29) is 17.8 Å². The smallest absolute Gasteiger partial charge is 0.235 e. The zero-order valence-corrected chi connectivity index (χ0v) is 18.0. The van der Waals surface area contributed by atoms with Crippen LogP contribution in [0, 0.1) is 19.7 Å². The molecule has 29 heavy (non-hydrogen) atoms. The van der Waals surface area contributed by atoms with Crippen molar-refractivity contribution in [1.29, 1.82) is 0 Å². The number of anilines is 1. The van der Waals surface area contributed by atoms with Gasteiger partial charge in [0.05, 0.1) is 11.5 Å². The number of nitrogens with one attached hydrogen (secondary N) is 1. The topological polar surface area (TPSA) is 38.3 Å². The number of carbonyl (C=O) groups excluding carboxylic acids is 1. The van der Waals surface area contributed by atoms with Crippen molar-refractivity contribution < 1.29 is 13.9 Å². The van der Waals surface area contributed by atoms with Gasteiger partial charge >= 0.3 is 0 Å². The van der Waals surface area contributed by atoms with Gasteiger partial charge in [-0.3, -0.25) is 4.79 Å². The first-order chi connectivity index (χ1) is 13.9. The minimum atomic E-state index is -0.598. The molecule has 2 aromatic carbocycles. The van der Waals surface area contributed by atoms with E-state index >= 15 is 0 Å². The summed E-state index contributed by atoms with van der Waals surface area (Å²) in [4.78, 5) is 13.5. The van der Waals surface area contributed by atoms with E-state index in [0.29, 0.717) is 0 Å². The number of rotatable bonds is 6. The van der Waals surface area contributed by atoms with Gasteiger partial charge in [0.15, 0.2) is 0 Å². The van der Waals surface area contributed by atoms with Crippen LogP contribution in [0.3, 0.4) is 0 Å². The van der Waals surface area contributed by atoms with Gasteiger partial charge in [-0.25, -0.2) is 4.39 Å². The summed E-state index contributed by atoms with van der Waals surface area (Å²) in [5.74, 6) is 0.615. The maximum atomic E-state index is 13.5. The second-order valence-electron chi connectivity index (χ2n) is 8.38. The third-order valence-corrected chi connectivity index (χ3v) is 6.15. The predicted octanol–water partition coefficient (Wildman–Crippen LogP) is 6.46. The summed E-state index contributed by atoms with van der Waals surface area (Å²) in [6, 6.07) is 10.4. The van der Waals surface area contributed by atoms with E-state index in [2.05, 4.69) is 19.2 Å². The summed E-state index contributed by atoms with van der Waals surface area (Å²) in [6.07, 6.45) is 5.81. The number of aryl methyl sites for hydroxylation is 2. The average molecular weight is 398 g/mol. The highest BCUT2D eigenvalue weighted by molar-refractivity contribution is 5.99. The molecule has 1 N–H and O–H groups in total. The van der Waals surface area contributed by atoms with E-state index in [1.165, 1.54) is 12.1 Å². The summed E-state index contributed by atoms with van der Waals surface area (Å²) in [5.41, 5.74) is 3.12. The van der Waals surface area contributed by atoms with E-state index in [0.717, 1.165) is 66.7 Å². The molecule has 0 aliphatic heterocycles. The molecular weight excluding hydrogens is 365 g/mol. The Kier molecular flexibility index (Phi) is 6.61. The Hall–Kier alpha value is -2.36. The molecule has 156 valence electrons. The Labute approximate surface area is 173 Å². The molecule has 0 unspecified atom stereocenters. The molecule has 0 radical (unpaired) electrons. The summed E-state index contributed by atoms with van der Waals surface area (Å²) >= 11 is 0. The Morgan fingerprint density at radius 1 is 1.10 bits per heavy atom. The van der Waals surface area contributed by atoms with E-state index in [1.54, 1.807) is 12.1 Å². The summed E-state index contributed by atoms with van der Waals surface area (Å²) in [7, 11) is 0. The molecule has 4 heteroatoms. The third-order valence-electron chi connectivity index (χ3n) is 6.15. The van der Waals surface area contributed by atoms with Gasteiger partial charge in [0, 0.05) is 5.69 Å². The van der Waals surface area contributed by atoms with Gasteiger partial charge in [0.1, 0.15) is 11.6 Å². The number of halogens is 1. The van der Waals surface area contributed by atoms with Gasteiger partial charge in [0.2, 0.25) is 5.91 Å². The molecule has 2 aromatic rings. The first kappa shape index (κ1) is 21.4. The molecule has 3 rings (SSSR count). The Bertz CT molecular complexity index is 831. The zero-order valence-electron chi connectivity index (χ0n) is 18.0. The predicted molar refractivity (Wildman–Crippen MR) is 116 cm³/mol. The molecule has 0 saturated heterocycles. The summed E-state index contributed by atoms with van der Waals surface area (Å²) in [5, 5.41) is 3.15. The van der Waals surface area contributed by atoms with Gasteiger partial charge in [-0.2, -0.15) is 0 Å². The largest absolute Gasteiger partial charge is 0.490 e. The van der Waals surface area contributed by atoms with E-state index in [9.17, 15) is 9.18 Å². The monoisotopic (exact) mass is 397 g/mol. The fraction of sp³-hybridized carbons (Fsp3) is 0.480. The molecule has 1 amide bonds. The number of benzene rings is 2. The van der Waals surface area contributed by atoms with Gasteiger partial charge in [-0.1, -0.05) is 38.3 Å². The van der Waals surface area contributed by atoms with Crippen molar-refractivity contribution in [1.82, 2.24) is 0 Å². The molecule has 1 atom stereocenters. The zero-order chi connectivity index (χ0) is 21.0. The van der Waals surface area contributed by atoms with Crippen LogP contribution in [-0.2, 0) is 10.2 Å². The van der Waals surface area contributed by atoms with Crippen molar-refractivity contribution in [2.75, 3.05) is 5.32 Å². The van der Waals surface area contributed by atoms with Crippen LogP contribution in [0.15, 0.2) is 36.4 Å². The highest BCUT2D eigenvalue weighted by Gasteiger charge is 2.41. The van der Waals surface area contributed by atoms with E-state index in [1.807, 2.05) is 26.0 Å². The van der Waals surface area contributed by atoms with Gasteiger partial charge in [-0.05, 0) is 81.0 Å². The fourth-order valence-corrected chi connectivity index (χ4v) is 4.31. The highest BCUT2D eigenvalue weighted by atomic mass is 19.1. The second kappa shape index (κ2) is 8.98. The van der Waals surface area contributed by atoms with Gasteiger partial charge < -0.3 is 10.1 Å². The van der Waals surface area contributed by atoms with Crippen LogP contribution in [-0.4, -0.2) is 12.0 Å². The van der Waals surface area contributed by atoms with Crippen molar-refractivity contribution in [3.63, 3.8) is 0 Å². The number of amides is 1. The van der Waals surface area contributed by atoms with Crippen molar-refractivity contribution >= 4 is 11.6 Å². The number of hydrogen-bond acceptors (Lipinski definition) is 2. The molecule has 1 aliphatic rings. The standard InChI is InChI=1S/C25H32FNO2/c1-5-19(4)29-23-17(2)15-22(16-18(23)3)27-24(28)25(13-7-6-8-14-25)20-9-11-21(26)12-10-20/h9-12,15-16,19H,5-8,13-14H2,1-4H3,(H,27,28)/t19-/m0/s1. The molecule has 1 saturated carbocycles. The van der Waals surface area contributed by atoms with Crippen LogP contribution < -0.4 is 10.1 Å². The maximum absolute atomic E-state index is 13.5. The lowest BCUT2D eigenvalue weighted by Gasteiger charge is -2.36. The second-order valence-corrected chi connectivity index (χ2v) is 8.38.